The number of aryl methyl sites for hydroxylation is 1. The van der Waals surface area contributed by atoms with E-state index in [9.17, 15) is 4.79 Å². The highest BCUT2D eigenvalue weighted by Gasteiger charge is 2.29. The van der Waals surface area contributed by atoms with E-state index in [1.165, 1.54) is 0 Å². The molecule has 0 aliphatic heterocycles. The van der Waals surface area contributed by atoms with Gasteiger partial charge in [0, 0.05) is 18.7 Å². The van der Waals surface area contributed by atoms with Gasteiger partial charge in [0.1, 0.15) is 5.75 Å². The van der Waals surface area contributed by atoms with Crippen molar-refractivity contribution in [3.63, 3.8) is 0 Å². The summed E-state index contributed by atoms with van der Waals surface area (Å²) in [5, 5.41) is 13.7. The molecular weight excluding hydrogens is 440 g/mol. The Balaban J connectivity index is 1.77. The first-order valence-electron chi connectivity index (χ1n) is 12.0. The second kappa shape index (κ2) is 10.00. The summed E-state index contributed by atoms with van der Waals surface area (Å²) in [7, 11) is 1.66. The lowest BCUT2D eigenvalue weighted by Gasteiger charge is -2.32. The van der Waals surface area contributed by atoms with Crippen LogP contribution >= 0.6 is 0 Å². The fourth-order valence-electron chi connectivity index (χ4n) is 4.49. The van der Waals surface area contributed by atoms with E-state index in [1.807, 2.05) is 48.0 Å². The van der Waals surface area contributed by atoms with Crippen LogP contribution < -0.4 is 10.3 Å². The van der Waals surface area contributed by atoms with E-state index >= 15 is 0 Å². The molecule has 0 bridgehead atoms. The predicted molar refractivity (Wildman–Crippen MR) is 137 cm³/mol. The number of nitrogens with zero attached hydrogens (tertiary/aromatic N) is 5. The summed E-state index contributed by atoms with van der Waals surface area (Å²) in [6, 6.07) is 16.0. The molecule has 1 atom stereocenters. The van der Waals surface area contributed by atoms with Gasteiger partial charge in [-0.1, -0.05) is 37.3 Å². The molecule has 0 aliphatic rings. The van der Waals surface area contributed by atoms with E-state index in [1.54, 1.807) is 7.11 Å². The minimum atomic E-state index is -0.268. The van der Waals surface area contributed by atoms with Crippen LogP contribution in [0.25, 0.3) is 10.9 Å². The zero-order valence-corrected chi connectivity index (χ0v) is 21.4. The molecular formula is C27H34N6O2. The van der Waals surface area contributed by atoms with Gasteiger partial charge in [0.15, 0.2) is 5.82 Å². The smallest absolute Gasteiger partial charge is 0.252 e. The van der Waals surface area contributed by atoms with Gasteiger partial charge in [0.2, 0.25) is 0 Å². The van der Waals surface area contributed by atoms with E-state index in [0.29, 0.717) is 18.7 Å². The lowest BCUT2D eigenvalue weighted by molar-refractivity contribution is 0.153. The zero-order valence-electron chi connectivity index (χ0n) is 21.4. The number of fused-ring (bicyclic) bond motifs is 1. The topological polar surface area (TPSA) is 88.9 Å². The van der Waals surface area contributed by atoms with Gasteiger partial charge in [0.25, 0.3) is 5.56 Å². The van der Waals surface area contributed by atoms with Crippen LogP contribution in [-0.4, -0.2) is 37.2 Å². The van der Waals surface area contributed by atoms with Crippen molar-refractivity contribution >= 4 is 10.9 Å². The number of H-pyrrole nitrogens is 1. The maximum atomic E-state index is 13.1. The van der Waals surface area contributed by atoms with Crippen LogP contribution in [0.5, 0.6) is 5.75 Å². The highest BCUT2D eigenvalue weighted by atomic mass is 16.5. The number of nitrogens with one attached hydrogen (secondary N) is 1. The van der Waals surface area contributed by atoms with E-state index < -0.39 is 0 Å². The second-order valence-electron chi connectivity index (χ2n) is 9.96. The van der Waals surface area contributed by atoms with Crippen molar-refractivity contribution in [2.24, 2.45) is 0 Å². The van der Waals surface area contributed by atoms with Gasteiger partial charge in [-0.3, -0.25) is 9.69 Å². The highest BCUT2D eigenvalue weighted by molar-refractivity contribution is 5.81. The molecule has 2 aromatic carbocycles. The Morgan fingerprint density at radius 1 is 1.11 bits per heavy atom. The Morgan fingerprint density at radius 3 is 2.51 bits per heavy atom. The summed E-state index contributed by atoms with van der Waals surface area (Å²) in [6.07, 6.45) is 0.789. The Hall–Kier alpha value is -3.52. The number of tetrazole rings is 1. The maximum absolute atomic E-state index is 13.1. The quantitative estimate of drug-likeness (QED) is 0.397. The molecule has 0 spiro atoms. The largest absolute Gasteiger partial charge is 0.497 e. The summed E-state index contributed by atoms with van der Waals surface area (Å²) in [5.74, 6) is 1.60. The Labute approximate surface area is 205 Å². The number of methoxy groups -OCH3 is 1. The van der Waals surface area contributed by atoms with Crippen LogP contribution in [-0.2, 0) is 18.6 Å². The van der Waals surface area contributed by atoms with Gasteiger partial charge >= 0.3 is 0 Å². The highest BCUT2D eigenvalue weighted by Crippen LogP contribution is 2.29. The van der Waals surface area contributed by atoms with Crippen molar-refractivity contribution in [3.05, 3.63) is 81.4 Å². The molecule has 8 heteroatoms. The third-order valence-corrected chi connectivity index (χ3v) is 6.34. The summed E-state index contributed by atoms with van der Waals surface area (Å²) in [4.78, 5) is 18.5. The first-order valence-corrected chi connectivity index (χ1v) is 12.0. The molecule has 0 aliphatic carbocycles. The van der Waals surface area contributed by atoms with Gasteiger partial charge in [-0.2, -0.15) is 0 Å². The molecule has 2 heterocycles. The minimum absolute atomic E-state index is 0.0724. The number of aromatic nitrogens is 5. The van der Waals surface area contributed by atoms with Crippen LogP contribution in [0.2, 0.25) is 0 Å². The minimum Gasteiger partial charge on any atom is -0.497 e. The standard InChI is InChI=1S/C27H34N6O2/c1-7-23(25-29-30-31-33(25)27(3,4)5)32(16-19-11-13-22(35-6)14-12-19)17-21-15-20-10-8-9-18(2)24(20)28-26(21)34/h8-15,23H,7,16-17H2,1-6H3,(H,28,34). The number of rotatable bonds is 8. The lowest BCUT2D eigenvalue weighted by atomic mass is 10.0. The molecule has 1 N–H and O–H groups in total. The van der Waals surface area contributed by atoms with E-state index in [0.717, 1.165) is 40.0 Å². The fourth-order valence-corrected chi connectivity index (χ4v) is 4.49. The fraction of sp³-hybridized carbons (Fsp3) is 0.407. The van der Waals surface area contributed by atoms with Crippen molar-refractivity contribution in [1.82, 2.24) is 30.1 Å². The summed E-state index contributed by atoms with van der Waals surface area (Å²) in [6.45, 7) is 11.5. The van der Waals surface area contributed by atoms with Crippen molar-refractivity contribution in [3.8, 4) is 5.75 Å². The predicted octanol–water partition coefficient (Wildman–Crippen LogP) is 4.74. The second-order valence-corrected chi connectivity index (χ2v) is 9.96. The first kappa shape index (κ1) is 24.6. The van der Waals surface area contributed by atoms with E-state index in [-0.39, 0.29) is 17.1 Å². The van der Waals surface area contributed by atoms with Gasteiger partial charge in [-0.05, 0) is 79.3 Å². The molecule has 0 radical (unpaired) electrons. The molecule has 2 aromatic heterocycles. The van der Waals surface area contributed by atoms with Crippen molar-refractivity contribution < 1.29 is 4.74 Å². The lowest BCUT2D eigenvalue weighted by Crippen LogP contribution is -2.35. The average molecular weight is 475 g/mol. The van der Waals surface area contributed by atoms with Gasteiger partial charge in [-0.15, -0.1) is 5.10 Å². The van der Waals surface area contributed by atoms with Crippen LogP contribution in [0.4, 0.5) is 0 Å². The van der Waals surface area contributed by atoms with Crippen LogP contribution in [0, 0.1) is 6.92 Å². The molecule has 184 valence electrons. The van der Waals surface area contributed by atoms with Gasteiger partial charge < -0.3 is 9.72 Å². The summed E-state index contributed by atoms with van der Waals surface area (Å²) < 4.78 is 7.21. The van der Waals surface area contributed by atoms with Crippen molar-refractivity contribution in [2.45, 2.75) is 65.7 Å². The number of benzene rings is 2. The molecule has 8 nitrogen and oxygen atoms in total. The molecule has 4 rings (SSSR count). The number of ether oxygens (including phenoxy) is 1. The van der Waals surface area contributed by atoms with E-state index in [4.69, 9.17) is 4.74 Å². The molecule has 4 aromatic rings. The number of para-hydroxylation sites is 1. The van der Waals surface area contributed by atoms with Gasteiger partial charge in [-0.25, -0.2) is 4.68 Å². The normalized spacial score (nSPS) is 12.9. The van der Waals surface area contributed by atoms with Crippen molar-refractivity contribution in [1.29, 1.82) is 0 Å². The van der Waals surface area contributed by atoms with E-state index in [2.05, 4.69) is 65.2 Å². The van der Waals surface area contributed by atoms with Crippen LogP contribution in [0.1, 0.15) is 62.7 Å². The molecule has 0 amide bonds. The number of aromatic amines is 1. The Kier molecular flexibility index (Phi) is 7.03. The molecule has 1 unspecified atom stereocenters. The summed E-state index contributed by atoms with van der Waals surface area (Å²) >= 11 is 0. The SMILES string of the molecule is CCC(c1nnnn1C(C)(C)C)N(Cc1ccc(OC)cc1)Cc1cc2cccc(C)c2[nH]c1=O. The third kappa shape index (κ3) is 5.27. The molecule has 0 saturated carbocycles. The first-order chi connectivity index (χ1) is 16.7. The number of hydrogen-bond donors (Lipinski definition) is 1. The van der Waals surface area contributed by atoms with Crippen LogP contribution in [0.15, 0.2) is 53.3 Å². The van der Waals surface area contributed by atoms with Crippen LogP contribution in [0.3, 0.4) is 0 Å². The molecule has 0 saturated heterocycles. The Morgan fingerprint density at radius 2 is 1.86 bits per heavy atom. The molecule has 35 heavy (non-hydrogen) atoms. The van der Waals surface area contributed by atoms with Gasteiger partial charge in [0.05, 0.1) is 24.2 Å². The molecule has 0 fully saturated rings. The average Bonchev–Trinajstić information content (AvgIpc) is 3.31. The number of pyridine rings is 1. The zero-order chi connectivity index (χ0) is 25.2. The summed E-state index contributed by atoms with van der Waals surface area (Å²) in [5.41, 5.74) is 3.42. The monoisotopic (exact) mass is 474 g/mol. The number of hydrogen-bond acceptors (Lipinski definition) is 6. The third-order valence-electron chi connectivity index (χ3n) is 6.34. The maximum Gasteiger partial charge on any atom is 0.252 e. The van der Waals surface area contributed by atoms with Crippen molar-refractivity contribution in [2.75, 3.05) is 7.11 Å². The Bertz CT molecular complexity index is 1350.